The van der Waals surface area contributed by atoms with Crippen LogP contribution in [-0.4, -0.2) is 32.3 Å². The Hall–Kier alpha value is -2.31. The monoisotopic (exact) mass is 301 g/mol. The van der Waals surface area contributed by atoms with Gasteiger partial charge in [-0.05, 0) is 31.9 Å². The Morgan fingerprint density at radius 1 is 1.50 bits per heavy atom. The fraction of sp³-hybridized carbons (Fsp3) is 0.533. The first-order chi connectivity index (χ1) is 10.7. The second-order valence-corrected chi connectivity index (χ2v) is 5.62. The normalized spacial score (nSPS) is 18.1. The summed E-state index contributed by atoms with van der Waals surface area (Å²) < 4.78 is 4.10. The molecular formula is C15H23N7. The van der Waals surface area contributed by atoms with Crippen molar-refractivity contribution in [3.8, 4) is 0 Å². The first kappa shape index (κ1) is 14.6. The lowest BCUT2D eigenvalue weighted by Crippen LogP contribution is -2.41. The maximum atomic E-state index is 4.55. The highest BCUT2D eigenvalue weighted by Gasteiger charge is 2.24. The first-order valence-electron chi connectivity index (χ1n) is 7.66. The number of aryl methyl sites for hydroxylation is 3. The van der Waals surface area contributed by atoms with Crippen molar-refractivity contribution >= 4 is 5.96 Å². The summed E-state index contributed by atoms with van der Waals surface area (Å²) in [7, 11) is 3.83. The fourth-order valence-corrected chi connectivity index (χ4v) is 2.82. The minimum absolute atomic E-state index is 0.162. The summed E-state index contributed by atoms with van der Waals surface area (Å²) in [5.41, 5.74) is 1.21. The van der Waals surface area contributed by atoms with E-state index in [2.05, 4.69) is 36.3 Å². The van der Waals surface area contributed by atoms with Crippen molar-refractivity contribution < 1.29 is 0 Å². The third-order valence-corrected chi connectivity index (χ3v) is 4.00. The molecule has 1 aliphatic rings. The summed E-state index contributed by atoms with van der Waals surface area (Å²) >= 11 is 0. The molecule has 2 N–H and O–H groups in total. The van der Waals surface area contributed by atoms with E-state index in [0.29, 0.717) is 0 Å². The lowest BCUT2D eigenvalue weighted by molar-refractivity contribution is 0.397. The zero-order valence-electron chi connectivity index (χ0n) is 13.4. The molecule has 0 amide bonds. The second-order valence-electron chi connectivity index (χ2n) is 5.62. The van der Waals surface area contributed by atoms with Gasteiger partial charge in [0.25, 0.3) is 0 Å². The third-order valence-electron chi connectivity index (χ3n) is 4.00. The molecule has 0 saturated heterocycles. The Morgan fingerprint density at radius 2 is 2.36 bits per heavy atom. The summed E-state index contributed by atoms with van der Waals surface area (Å²) in [6, 6.07) is 4.30. The SMILES string of the molecule is CN=C(NCc1cccn1C)NC1CCCn2nc(C)nc21. The molecule has 0 fully saturated rings. The van der Waals surface area contributed by atoms with E-state index < -0.39 is 0 Å². The van der Waals surface area contributed by atoms with Gasteiger partial charge in [0.2, 0.25) is 0 Å². The summed E-state index contributed by atoms with van der Waals surface area (Å²) in [4.78, 5) is 8.87. The number of hydrogen-bond acceptors (Lipinski definition) is 3. The summed E-state index contributed by atoms with van der Waals surface area (Å²) in [6.07, 6.45) is 4.19. The van der Waals surface area contributed by atoms with E-state index in [1.54, 1.807) is 7.05 Å². The zero-order chi connectivity index (χ0) is 15.5. The standard InChI is InChI=1S/C15H23N7/c1-11-18-14-13(7-5-9-22(14)20-11)19-15(16-2)17-10-12-6-4-8-21(12)3/h4,6,8,13H,5,7,9-10H2,1-3H3,(H2,16,17,19). The van der Waals surface area contributed by atoms with Crippen LogP contribution < -0.4 is 10.6 Å². The van der Waals surface area contributed by atoms with Crippen molar-refractivity contribution in [1.29, 1.82) is 0 Å². The predicted octanol–water partition coefficient (Wildman–Crippen LogP) is 1.13. The molecule has 1 unspecified atom stereocenters. The van der Waals surface area contributed by atoms with Gasteiger partial charge in [-0.2, -0.15) is 5.10 Å². The molecular weight excluding hydrogens is 278 g/mol. The van der Waals surface area contributed by atoms with Crippen molar-refractivity contribution in [2.45, 2.75) is 38.9 Å². The zero-order valence-corrected chi connectivity index (χ0v) is 13.4. The number of aliphatic imine (C=N–C) groups is 1. The lowest BCUT2D eigenvalue weighted by atomic mass is 10.1. The molecule has 7 nitrogen and oxygen atoms in total. The van der Waals surface area contributed by atoms with Crippen molar-refractivity contribution in [3.63, 3.8) is 0 Å². The Labute approximate surface area is 130 Å². The number of nitrogens with one attached hydrogen (secondary N) is 2. The average Bonchev–Trinajstić information content (AvgIpc) is 3.08. The van der Waals surface area contributed by atoms with Crippen LogP contribution in [0, 0.1) is 6.92 Å². The number of hydrogen-bond donors (Lipinski definition) is 2. The molecule has 2 aromatic heterocycles. The molecule has 0 saturated carbocycles. The van der Waals surface area contributed by atoms with Gasteiger partial charge in [-0.1, -0.05) is 0 Å². The van der Waals surface area contributed by atoms with Crippen LogP contribution in [0.2, 0.25) is 0 Å². The van der Waals surface area contributed by atoms with Crippen LogP contribution in [0.25, 0.3) is 0 Å². The number of fused-ring (bicyclic) bond motifs is 1. The molecule has 1 aliphatic heterocycles. The van der Waals surface area contributed by atoms with Gasteiger partial charge in [0.05, 0.1) is 12.6 Å². The van der Waals surface area contributed by atoms with E-state index in [-0.39, 0.29) is 6.04 Å². The molecule has 0 aromatic carbocycles. The van der Waals surface area contributed by atoms with Gasteiger partial charge in [0, 0.05) is 32.5 Å². The van der Waals surface area contributed by atoms with Gasteiger partial charge >= 0.3 is 0 Å². The Balaban J connectivity index is 1.65. The average molecular weight is 301 g/mol. The van der Waals surface area contributed by atoms with Crippen molar-refractivity contribution in [2.24, 2.45) is 12.0 Å². The van der Waals surface area contributed by atoms with Crippen LogP contribution in [0.1, 0.15) is 36.2 Å². The lowest BCUT2D eigenvalue weighted by Gasteiger charge is -2.25. The van der Waals surface area contributed by atoms with Gasteiger partial charge < -0.3 is 15.2 Å². The second kappa shape index (κ2) is 6.21. The molecule has 0 radical (unpaired) electrons. The number of rotatable bonds is 3. The topological polar surface area (TPSA) is 72.1 Å². The minimum atomic E-state index is 0.162. The maximum Gasteiger partial charge on any atom is 0.191 e. The number of guanidine groups is 1. The highest BCUT2D eigenvalue weighted by Crippen LogP contribution is 2.22. The smallest absolute Gasteiger partial charge is 0.191 e. The molecule has 0 aliphatic carbocycles. The maximum absolute atomic E-state index is 4.55. The van der Waals surface area contributed by atoms with Crippen molar-refractivity contribution in [3.05, 3.63) is 35.7 Å². The van der Waals surface area contributed by atoms with E-state index in [1.165, 1.54) is 5.69 Å². The van der Waals surface area contributed by atoms with E-state index in [9.17, 15) is 0 Å². The van der Waals surface area contributed by atoms with Crippen molar-refractivity contribution in [2.75, 3.05) is 7.05 Å². The van der Waals surface area contributed by atoms with E-state index >= 15 is 0 Å². The van der Waals surface area contributed by atoms with Crippen LogP contribution in [-0.2, 0) is 20.1 Å². The van der Waals surface area contributed by atoms with Gasteiger partial charge in [-0.3, -0.25) is 4.99 Å². The van der Waals surface area contributed by atoms with Crippen LogP contribution >= 0.6 is 0 Å². The van der Waals surface area contributed by atoms with E-state index in [0.717, 1.165) is 43.5 Å². The Morgan fingerprint density at radius 3 is 3.09 bits per heavy atom. The fourth-order valence-electron chi connectivity index (χ4n) is 2.82. The predicted molar refractivity (Wildman–Crippen MR) is 85.5 cm³/mol. The molecule has 3 heterocycles. The van der Waals surface area contributed by atoms with Gasteiger partial charge in [0.15, 0.2) is 5.96 Å². The van der Waals surface area contributed by atoms with Gasteiger partial charge in [0.1, 0.15) is 11.6 Å². The van der Waals surface area contributed by atoms with Crippen LogP contribution in [0.5, 0.6) is 0 Å². The van der Waals surface area contributed by atoms with Crippen molar-refractivity contribution in [1.82, 2.24) is 30.0 Å². The van der Waals surface area contributed by atoms with Crippen LogP contribution in [0.4, 0.5) is 0 Å². The van der Waals surface area contributed by atoms with E-state index in [1.807, 2.05) is 30.9 Å². The van der Waals surface area contributed by atoms with E-state index in [4.69, 9.17) is 0 Å². The van der Waals surface area contributed by atoms with Crippen LogP contribution in [0.3, 0.4) is 0 Å². The molecule has 22 heavy (non-hydrogen) atoms. The summed E-state index contributed by atoms with van der Waals surface area (Å²) in [6.45, 7) is 3.62. The highest BCUT2D eigenvalue weighted by molar-refractivity contribution is 5.80. The summed E-state index contributed by atoms with van der Waals surface area (Å²) in [5, 5.41) is 11.3. The molecule has 118 valence electrons. The molecule has 0 spiro atoms. The molecule has 3 rings (SSSR count). The third kappa shape index (κ3) is 2.98. The molecule has 7 heteroatoms. The molecule has 2 aromatic rings. The minimum Gasteiger partial charge on any atom is -0.353 e. The first-order valence-corrected chi connectivity index (χ1v) is 7.66. The Kier molecular flexibility index (Phi) is 4.13. The van der Waals surface area contributed by atoms with Crippen LogP contribution in [0.15, 0.2) is 23.3 Å². The van der Waals surface area contributed by atoms with Gasteiger partial charge in [-0.25, -0.2) is 9.67 Å². The largest absolute Gasteiger partial charge is 0.353 e. The number of nitrogens with zero attached hydrogens (tertiary/aromatic N) is 5. The molecule has 0 bridgehead atoms. The number of aromatic nitrogens is 4. The highest BCUT2D eigenvalue weighted by atomic mass is 15.4. The summed E-state index contributed by atoms with van der Waals surface area (Å²) in [5.74, 6) is 2.63. The Bertz CT molecular complexity index is 667. The quantitative estimate of drug-likeness (QED) is 0.658. The van der Waals surface area contributed by atoms with Gasteiger partial charge in [-0.15, -0.1) is 0 Å². The molecule has 1 atom stereocenters.